The minimum atomic E-state index is -3.36. The number of carbonyl (C=O) groups is 1. The Morgan fingerprint density at radius 1 is 1.08 bits per heavy atom. The highest BCUT2D eigenvalue weighted by Crippen LogP contribution is 2.22. The molecule has 1 aliphatic carbocycles. The second-order valence-electron chi connectivity index (χ2n) is 7.60. The van der Waals surface area contributed by atoms with Crippen molar-refractivity contribution in [3.05, 3.63) is 35.4 Å². The number of rotatable bonds is 6. The summed E-state index contributed by atoms with van der Waals surface area (Å²) in [7, 11) is -3.36. The molecule has 1 saturated carbocycles. The van der Waals surface area contributed by atoms with E-state index < -0.39 is 15.3 Å². The Kier molecular flexibility index (Phi) is 6.35. The minimum absolute atomic E-state index is 0.0232. The molecule has 0 bridgehead atoms. The van der Waals surface area contributed by atoms with Crippen molar-refractivity contribution in [1.82, 2.24) is 9.62 Å². The van der Waals surface area contributed by atoms with E-state index in [-0.39, 0.29) is 11.9 Å². The normalized spacial score (nSPS) is 21.9. The topological polar surface area (TPSA) is 66.5 Å². The molecule has 6 heteroatoms. The predicted molar refractivity (Wildman–Crippen MR) is 103 cm³/mol. The Hall–Kier alpha value is -1.40. The molecule has 0 spiro atoms. The van der Waals surface area contributed by atoms with Crippen LogP contribution in [-0.2, 0) is 27.7 Å². The van der Waals surface area contributed by atoms with Crippen LogP contribution in [0, 0.1) is 0 Å². The van der Waals surface area contributed by atoms with Crippen LogP contribution in [0.1, 0.15) is 56.6 Å². The number of amides is 1. The number of aryl methyl sites for hydroxylation is 1. The van der Waals surface area contributed by atoms with Crippen molar-refractivity contribution in [2.24, 2.45) is 0 Å². The van der Waals surface area contributed by atoms with E-state index >= 15 is 0 Å². The van der Waals surface area contributed by atoms with Crippen molar-refractivity contribution in [3.8, 4) is 0 Å². The minimum Gasteiger partial charge on any atom is -0.341 e. The summed E-state index contributed by atoms with van der Waals surface area (Å²) in [6.07, 6.45) is 6.76. The summed E-state index contributed by atoms with van der Waals surface area (Å²) in [6.45, 7) is 3.07. The van der Waals surface area contributed by atoms with Crippen molar-refractivity contribution in [3.63, 3.8) is 0 Å². The first-order valence-electron chi connectivity index (χ1n) is 9.84. The van der Waals surface area contributed by atoms with E-state index in [1.807, 2.05) is 12.1 Å². The summed E-state index contributed by atoms with van der Waals surface area (Å²) in [6, 6.07) is 8.19. The van der Waals surface area contributed by atoms with Gasteiger partial charge in [-0.25, -0.2) is 13.1 Å². The van der Waals surface area contributed by atoms with Gasteiger partial charge in [0, 0.05) is 19.1 Å². The first-order valence-corrected chi connectivity index (χ1v) is 11.4. The average molecular weight is 379 g/mol. The maximum atomic E-state index is 12.7. The van der Waals surface area contributed by atoms with E-state index in [9.17, 15) is 13.2 Å². The third-order valence-electron chi connectivity index (χ3n) is 5.64. The average Bonchev–Trinajstić information content (AvgIpc) is 3.15. The molecule has 1 atom stereocenters. The molecular weight excluding hydrogens is 348 g/mol. The zero-order valence-electron chi connectivity index (χ0n) is 15.6. The smallest absolute Gasteiger partial charge is 0.227 e. The highest BCUT2D eigenvalue weighted by Gasteiger charge is 2.34. The van der Waals surface area contributed by atoms with Crippen LogP contribution in [0.3, 0.4) is 0 Å². The molecule has 2 fully saturated rings. The lowest BCUT2D eigenvalue weighted by atomic mass is 10.1. The number of piperidine rings is 1. The van der Waals surface area contributed by atoms with Crippen LogP contribution in [0.4, 0.5) is 0 Å². The number of hydrogen-bond donors (Lipinski definition) is 1. The van der Waals surface area contributed by atoms with Gasteiger partial charge in [0.05, 0.1) is 11.7 Å². The van der Waals surface area contributed by atoms with E-state index in [0.29, 0.717) is 25.9 Å². The van der Waals surface area contributed by atoms with Crippen LogP contribution in [0.15, 0.2) is 24.3 Å². The van der Waals surface area contributed by atoms with Gasteiger partial charge in [-0.2, -0.15) is 0 Å². The van der Waals surface area contributed by atoms with Gasteiger partial charge in [0.25, 0.3) is 0 Å². The van der Waals surface area contributed by atoms with Gasteiger partial charge in [0.1, 0.15) is 0 Å². The third kappa shape index (κ3) is 4.86. The summed E-state index contributed by atoms with van der Waals surface area (Å²) in [5.74, 6) is 0.0232. The molecule has 1 amide bonds. The summed E-state index contributed by atoms with van der Waals surface area (Å²) >= 11 is 0. The largest absolute Gasteiger partial charge is 0.341 e. The van der Waals surface area contributed by atoms with Gasteiger partial charge in [0.15, 0.2) is 0 Å². The zero-order valence-corrected chi connectivity index (χ0v) is 16.4. The van der Waals surface area contributed by atoms with Crippen molar-refractivity contribution in [2.75, 3.05) is 13.1 Å². The van der Waals surface area contributed by atoms with Crippen LogP contribution in [-0.4, -0.2) is 43.6 Å². The summed E-state index contributed by atoms with van der Waals surface area (Å²) < 4.78 is 28.3. The van der Waals surface area contributed by atoms with E-state index in [4.69, 9.17) is 0 Å². The van der Waals surface area contributed by atoms with Crippen molar-refractivity contribution in [1.29, 1.82) is 0 Å². The van der Waals surface area contributed by atoms with Gasteiger partial charge in [-0.05, 0) is 43.2 Å². The Morgan fingerprint density at radius 3 is 2.38 bits per heavy atom. The van der Waals surface area contributed by atoms with Gasteiger partial charge in [-0.15, -0.1) is 0 Å². The van der Waals surface area contributed by atoms with Gasteiger partial charge < -0.3 is 4.90 Å². The quantitative estimate of drug-likeness (QED) is 0.827. The molecule has 1 aliphatic heterocycles. The number of nitrogens with one attached hydrogen (secondary N) is 1. The van der Waals surface area contributed by atoms with Gasteiger partial charge in [-0.3, -0.25) is 4.79 Å². The van der Waals surface area contributed by atoms with Gasteiger partial charge in [0.2, 0.25) is 15.9 Å². The molecular formula is C20H30N2O3S. The molecule has 0 radical (unpaired) electrons. The standard InChI is InChI=1S/C20H30N2O3S/c1-2-16-9-11-17(12-10-16)14-20(23)22-13-5-8-19(15-22)26(24,25)21-18-6-3-4-7-18/h9-12,18-19,21H,2-8,13-15H2,1H3/t19-/m1/s1. The van der Waals surface area contributed by atoms with Crippen LogP contribution in [0.2, 0.25) is 0 Å². The lowest BCUT2D eigenvalue weighted by Crippen LogP contribution is -2.50. The number of hydrogen-bond acceptors (Lipinski definition) is 3. The number of carbonyl (C=O) groups excluding carboxylic acids is 1. The summed E-state index contributed by atoms with van der Waals surface area (Å²) in [5, 5.41) is -0.483. The fourth-order valence-corrected chi connectivity index (χ4v) is 5.72. The van der Waals surface area contributed by atoms with E-state index in [1.54, 1.807) is 4.90 Å². The maximum Gasteiger partial charge on any atom is 0.227 e. The van der Waals surface area contributed by atoms with E-state index in [0.717, 1.165) is 44.1 Å². The van der Waals surface area contributed by atoms with Gasteiger partial charge >= 0.3 is 0 Å². The number of sulfonamides is 1. The fourth-order valence-electron chi connectivity index (χ4n) is 3.97. The Morgan fingerprint density at radius 2 is 1.73 bits per heavy atom. The Balaban J connectivity index is 1.58. The molecule has 2 aliphatic rings. The summed E-state index contributed by atoms with van der Waals surface area (Å²) in [5.41, 5.74) is 2.24. The first kappa shape index (κ1) is 19.4. The molecule has 5 nitrogen and oxygen atoms in total. The monoisotopic (exact) mass is 378 g/mol. The summed E-state index contributed by atoms with van der Waals surface area (Å²) in [4.78, 5) is 14.4. The van der Waals surface area contributed by atoms with Crippen LogP contribution < -0.4 is 4.72 Å². The van der Waals surface area contributed by atoms with E-state index in [1.165, 1.54) is 5.56 Å². The molecule has 0 unspecified atom stereocenters. The lowest BCUT2D eigenvalue weighted by molar-refractivity contribution is -0.131. The Labute approximate surface area is 157 Å². The van der Waals surface area contributed by atoms with E-state index in [2.05, 4.69) is 23.8 Å². The number of benzene rings is 1. The van der Waals surface area contributed by atoms with Crippen LogP contribution in [0.25, 0.3) is 0 Å². The Bertz CT molecular complexity index is 709. The lowest BCUT2D eigenvalue weighted by Gasteiger charge is -2.33. The molecule has 1 heterocycles. The predicted octanol–water partition coefficient (Wildman–Crippen LogP) is 2.64. The molecule has 3 rings (SSSR count). The van der Waals surface area contributed by atoms with Crippen molar-refractivity contribution >= 4 is 15.9 Å². The van der Waals surface area contributed by atoms with Crippen molar-refractivity contribution in [2.45, 2.75) is 69.6 Å². The third-order valence-corrected chi connectivity index (χ3v) is 7.57. The molecule has 1 aromatic carbocycles. The molecule has 26 heavy (non-hydrogen) atoms. The second kappa shape index (κ2) is 8.53. The van der Waals surface area contributed by atoms with Gasteiger partial charge in [-0.1, -0.05) is 44.0 Å². The highest BCUT2D eigenvalue weighted by atomic mass is 32.2. The first-order chi connectivity index (χ1) is 12.5. The molecule has 1 saturated heterocycles. The SMILES string of the molecule is CCc1ccc(CC(=O)N2CCC[C@@H](S(=O)(=O)NC3CCCC3)C2)cc1. The van der Waals surface area contributed by atoms with Crippen LogP contribution in [0.5, 0.6) is 0 Å². The van der Waals surface area contributed by atoms with Crippen molar-refractivity contribution < 1.29 is 13.2 Å². The molecule has 144 valence electrons. The fraction of sp³-hybridized carbons (Fsp3) is 0.650. The zero-order chi connectivity index (χ0) is 18.6. The molecule has 1 N–H and O–H groups in total. The number of nitrogens with zero attached hydrogens (tertiary/aromatic N) is 1. The number of likely N-dealkylation sites (tertiary alicyclic amines) is 1. The van der Waals surface area contributed by atoms with Crippen LogP contribution >= 0.6 is 0 Å². The molecule has 1 aromatic rings. The second-order valence-corrected chi connectivity index (χ2v) is 9.59. The molecule has 0 aromatic heterocycles. The highest BCUT2D eigenvalue weighted by molar-refractivity contribution is 7.90. The maximum absolute atomic E-state index is 12.7.